The number of benzene rings is 2. The highest BCUT2D eigenvalue weighted by molar-refractivity contribution is 7.80. The smallest absolute Gasteiger partial charge is 0.256 e. The fourth-order valence-electron chi connectivity index (χ4n) is 8.16. The molecule has 0 bridgehead atoms. The second kappa shape index (κ2) is 17.7. The molecule has 3 aliphatic rings. The monoisotopic (exact) mass is 934 g/mol. The van der Waals surface area contributed by atoms with Crippen molar-refractivity contribution in [3.05, 3.63) is 97.1 Å². The lowest BCUT2D eigenvalue weighted by atomic mass is 9.98. The lowest BCUT2D eigenvalue weighted by molar-refractivity contribution is -0.0296. The second-order valence-corrected chi connectivity index (χ2v) is 23.4. The zero-order valence-corrected chi connectivity index (χ0v) is 39.2. The molecule has 0 saturated carbocycles. The van der Waals surface area contributed by atoms with Crippen molar-refractivity contribution in [1.82, 2.24) is 60.3 Å². The molecule has 338 valence electrons. The topological polar surface area (TPSA) is 221 Å². The number of imidazole rings is 2. The number of hydrogen-bond acceptors (Lipinski definition) is 13. The number of anilines is 2. The van der Waals surface area contributed by atoms with Gasteiger partial charge in [-0.1, -0.05) is 64.1 Å². The number of rotatable bonds is 8. The van der Waals surface area contributed by atoms with Crippen LogP contribution in [-0.2, 0) is 13.9 Å². The van der Waals surface area contributed by atoms with Crippen LogP contribution in [0.5, 0.6) is 0 Å². The molecule has 7 heterocycles. The van der Waals surface area contributed by atoms with Crippen LogP contribution in [0.2, 0.25) is 18.1 Å². The van der Waals surface area contributed by atoms with E-state index in [9.17, 15) is 9.59 Å². The molecule has 3 fully saturated rings. The van der Waals surface area contributed by atoms with Gasteiger partial charge in [0.05, 0.1) is 30.8 Å². The molecule has 2 amide bonds. The Morgan fingerprint density at radius 2 is 1.17 bits per heavy atom. The van der Waals surface area contributed by atoms with Gasteiger partial charge in [0.2, 0.25) is 0 Å². The van der Waals surface area contributed by atoms with E-state index in [1.54, 1.807) is 61.2 Å². The molecule has 2 aromatic carbocycles. The molecule has 0 spiro atoms. The summed E-state index contributed by atoms with van der Waals surface area (Å²) in [5, 5.41) is 20.3. The molecule has 8 atom stereocenters. The predicted molar refractivity (Wildman–Crippen MR) is 254 cm³/mol. The van der Waals surface area contributed by atoms with Gasteiger partial charge in [-0.3, -0.25) is 18.7 Å². The molecule has 0 unspecified atom stereocenters. The summed E-state index contributed by atoms with van der Waals surface area (Å²) in [6.45, 7) is 13.6. The first-order valence-corrected chi connectivity index (χ1v) is 25.0. The number of nitrogens with one attached hydrogen (secondary N) is 6. The molecule has 6 N–H and O–H groups in total. The van der Waals surface area contributed by atoms with Gasteiger partial charge in [0.1, 0.15) is 31.1 Å². The van der Waals surface area contributed by atoms with Crippen LogP contribution in [0.25, 0.3) is 22.3 Å². The van der Waals surface area contributed by atoms with Crippen LogP contribution >= 0.6 is 24.4 Å². The number of ether oxygens (including phenoxy) is 2. The van der Waals surface area contributed by atoms with Crippen molar-refractivity contribution in [1.29, 1.82) is 0 Å². The van der Waals surface area contributed by atoms with Crippen LogP contribution in [0.4, 0.5) is 11.6 Å². The summed E-state index contributed by atoms with van der Waals surface area (Å²) in [6.07, 6.45) is 3.33. The van der Waals surface area contributed by atoms with Gasteiger partial charge in [0.25, 0.3) is 11.8 Å². The average Bonchev–Trinajstić information content (AvgIpc) is 4.06. The summed E-state index contributed by atoms with van der Waals surface area (Å²) in [7, 11) is -2.47. The molecule has 65 heavy (non-hydrogen) atoms. The third-order valence-corrected chi connectivity index (χ3v) is 17.6. The van der Waals surface area contributed by atoms with Crippen LogP contribution < -0.4 is 31.9 Å². The summed E-state index contributed by atoms with van der Waals surface area (Å²) >= 11 is 12.0. The quantitative estimate of drug-likeness (QED) is 0.0902. The zero-order valence-electron chi connectivity index (χ0n) is 36.6. The van der Waals surface area contributed by atoms with Crippen molar-refractivity contribution in [3.63, 3.8) is 0 Å². The van der Waals surface area contributed by atoms with Crippen LogP contribution in [0.1, 0.15) is 60.9 Å². The number of hydrogen-bond donors (Lipinski definition) is 6. The van der Waals surface area contributed by atoms with Crippen molar-refractivity contribution in [2.75, 3.05) is 23.7 Å². The Kier molecular flexibility index (Phi) is 12.1. The zero-order chi connectivity index (χ0) is 45.6. The Balaban J connectivity index is 0.968. The number of fused-ring (bicyclic) bond motifs is 4. The van der Waals surface area contributed by atoms with E-state index in [-0.39, 0.29) is 41.2 Å². The summed E-state index contributed by atoms with van der Waals surface area (Å²) in [4.78, 5) is 53.4. The van der Waals surface area contributed by atoms with Crippen molar-refractivity contribution in [2.24, 2.45) is 5.92 Å². The highest BCUT2D eigenvalue weighted by atomic mass is 32.1. The van der Waals surface area contributed by atoms with Crippen LogP contribution in [0.3, 0.4) is 0 Å². The molecule has 19 nitrogen and oxygen atoms in total. The summed E-state index contributed by atoms with van der Waals surface area (Å²) in [5.41, 5.74) is 2.77. The Labute approximate surface area is 386 Å². The van der Waals surface area contributed by atoms with E-state index < -0.39 is 45.1 Å². The van der Waals surface area contributed by atoms with E-state index in [0.717, 1.165) is 0 Å². The van der Waals surface area contributed by atoms with Gasteiger partial charge in [-0.15, -0.1) is 0 Å². The van der Waals surface area contributed by atoms with Gasteiger partial charge in [-0.25, -0.2) is 29.9 Å². The number of aromatic nitrogens is 8. The van der Waals surface area contributed by atoms with Crippen LogP contribution in [0.15, 0.2) is 86.0 Å². The van der Waals surface area contributed by atoms with Gasteiger partial charge in [0.15, 0.2) is 58.7 Å². The third kappa shape index (κ3) is 8.76. The van der Waals surface area contributed by atoms with Crippen LogP contribution in [-0.4, -0.2) is 113 Å². The Hall–Kier alpha value is -6.04. The Bertz CT molecular complexity index is 2750. The molecule has 3 aliphatic heterocycles. The minimum absolute atomic E-state index is 0.149. The van der Waals surface area contributed by atoms with E-state index in [1.165, 1.54) is 12.7 Å². The molecule has 4 aromatic heterocycles. The van der Waals surface area contributed by atoms with Crippen molar-refractivity contribution < 1.29 is 23.5 Å². The molecular formula is C43H50N14O5S2Si. The molecular weight excluding hydrogens is 885 g/mol. The van der Waals surface area contributed by atoms with Crippen molar-refractivity contribution >= 4 is 88.8 Å². The third-order valence-electron chi connectivity index (χ3n) is 12.6. The highest BCUT2D eigenvalue weighted by Crippen LogP contribution is 2.43. The Morgan fingerprint density at radius 3 is 1.68 bits per heavy atom. The fourth-order valence-corrected chi connectivity index (χ4v) is 9.90. The van der Waals surface area contributed by atoms with Crippen molar-refractivity contribution in [2.45, 2.75) is 88.7 Å². The average molecular weight is 935 g/mol. The lowest BCUT2D eigenvalue weighted by Crippen LogP contribution is -2.59. The predicted octanol–water partition coefficient (Wildman–Crippen LogP) is 4.67. The summed E-state index contributed by atoms with van der Waals surface area (Å²) in [6, 6.07) is 17.1. The summed E-state index contributed by atoms with van der Waals surface area (Å²) < 4.78 is 24.7. The largest absolute Gasteiger partial charge is 0.407 e. The highest BCUT2D eigenvalue weighted by Gasteiger charge is 2.52. The lowest BCUT2D eigenvalue weighted by Gasteiger charge is -2.41. The number of amides is 2. The minimum atomic E-state index is -2.47. The molecule has 0 radical (unpaired) electrons. The first kappa shape index (κ1) is 44.2. The fraction of sp³-hybridized carbons (Fsp3) is 0.395. The van der Waals surface area contributed by atoms with Gasteiger partial charge >= 0.3 is 0 Å². The first-order valence-electron chi connectivity index (χ1n) is 21.3. The van der Waals surface area contributed by atoms with E-state index >= 15 is 0 Å². The van der Waals surface area contributed by atoms with E-state index in [1.807, 2.05) is 21.3 Å². The maximum absolute atomic E-state index is 13.2. The first-order chi connectivity index (χ1) is 31.2. The number of carbonyl (C=O) groups excluding carboxylic acids is 2. The van der Waals surface area contributed by atoms with E-state index in [4.69, 9.17) is 38.3 Å². The van der Waals surface area contributed by atoms with Gasteiger partial charge in [0, 0.05) is 30.1 Å². The normalized spacial score (nSPS) is 25.0. The molecule has 3 saturated heterocycles. The van der Waals surface area contributed by atoms with Gasteiger partial charge in [-0.2, -0.15) is 0 Å². The second-order valence-electron chi connectivity index (χ2n) is 17.8. The van der Waals surface area contributed by atoms with Crippen LogP contribution in [0, 0.1) is 5.92 Å². The summed E-state index contributed by atoms with van der Waals surface area (Å²) in [5.74, 6) is -0.220. The van der Waals surface area contributed by atoms with E-state index in [0.29, 0.717) is 56.0 Å². The maximum atomic E-state index is 13.2. The SMILES string of the molecule is C[C@@H]1[C@@H]2NC(=S)NC[C@H]3O[C@@H](n4cnc5c(NC(=O)c6ccccc6)ncnc54)[C@H](O[Si](C)(C)C(C)(C)C)[C@@H]3NC(=S)NC[C@H]2O[C@H]1n1cnc2c(NC(=O)c3ccccc3)ncnc21. The number of thiocarbonyl (C=S) groups is 2. The number of nitrogens with zero attached hydrogens (tertiary/aromatic N) is 8. The maximum Gasteiger partial charge on any atom is 0.256 e. The molecule has 22 heteroatoms. The van der Waals surface area contributed by atoms with E-state index in [2.05, 4.69) is 103 Å². The Morgan fingerprint density at radius 1 is 0.708 bits per heavy atom. The standard InChI is InChI=1S/C43H50N14O5S2Si/c1-23-28-26(60-39(23)56-21-50-30-33(46-19-48-35(30)56)54-37(58)24-13-9-7-10-14-24)17-44-42(64)53-29-27(18-45-41(63)52-28)61-40(32(29)62-65(5,6)43(2,3)4)57-22-51-31-34(47-20-49-36(31)57)55-38(59)25-15-11-8-12-16-25/h7-16,19-23,26-29,32,39-40H,17-18H2,1-6H3,(H2,44,53,64)(H2,45,52,63)(H,46,48,54,58)(H,47,49,55,59)/t23-,26-,27-,28+,29-,32-,39-,40-/m1/s1. The van der Waals surface area contributed by atoms with Gasteiger partial charge in [-0.05, 0) is 66.8 Å². The molecule has 0 aliphatic carbocycles. The van der Waals surface area contributed by atoms with Crippen molar-refractivity contribution in [3.8, 4) is 0 Å². The minimum Gasteiger partial charge on any atom is -0.407 e. The number of carbonyl (C=O) groups is 2. The van der Waals surface area contributed by atoms with Gasteiger partial charge < -0.3 is 45.8 Å². The molecule has 6 aromatic rings. The molecule has 9 rings (SSSR count).